The van der Waals surface area contributed by atoms with Crippen LogP contribution < -0.4 is 5.32 Å². The number of carbonyl (C=O) groups is 1. The van der Waals surface area contributed by atoms with Gasteiger partial charge in [-0.1, -0.05) is 6.92 Å². The van der Waals surface area contributed by atoms with Gasteiger partial charge in [-0.15, -0.1) is 0 Å². The molecule has 0 saturated carbocycles. The molecule has 1 saturated heterocycles. The Balaban J connectivity index is 2.44. The van der Waals surface area contributed by atoms with E-state index in [4.69, 9.17) is 0 Å². The van der Waals surface area contributed by atoms with Crippen LogP contribution in [-0.2, 0) is 4.79 Å². The Morgan fingerprint density at radius 3 is 2.68 bits per heavy atom. The van der Waals surface area contributed by atoms with Crippen molar-refractivity contribution < 1.29 is 4.79 Å². The number of likely N-dealkylation sites (tertiary alicyclic amines) is 1. The third kappa shape index (κ3) is 5.11. The minimum absolute atomic E-state index is 0.0912. The molecule has 1 rings (SSSR count). The summed E-state index contributed by atoms with van der Waals surface area (Å²) in [5, 5.41) is 3.48. The van der Waals surface area contributed by atoms with Gasteiger partial charge in [0.15, 0.2) is 0 Å². The number of likely N-dealkylation sites (N-methyl/N-ethyl adjacent to an activating group) is 1. The Morgan fingerprint density at radius 1 is 1.42 bits per heavy atom. The lowest BCUT2D eigenvalue weighted by atomic mass is 9.91. The van der Waals surface area contributed by atoms with E-state index in [-0.39, 0.29) is 11.9 Å². The molecule has 1 aliphatic rings. The summed E-state index contributed by atoms with van der Waals surface area (Å²) in [4.78, 5) is 16.1. The molecule has 3 unspecified atom stereocenters. The first kappa shape index (κ1) is 16.4. The molecule has 4 nitrogen and oxygen atoms in total. The molecule has 0 spiro atoms. The van der Waals surface area contributed by atoms with E-state index in [1.54, 1.807) is 4.90 Å². The molecule has 19 heavy (non-hydrogen) atoms. The van der Waals surface area contributed by atoms with Gasteiger partial charge in [-0.05, 0) is 52.1 Å². The van der Waals surface area contributed by atoms with Crippen molar-refractivity contribution in [1.29, 1.82) is 0 Å². The number of hydrogen-bond donors (Lipinski definition) is 1. The van der Waals surface area contributed by atoms with E-state index in [9.17, 15) is 4.79 Å². The van der Waals surface area contributed by atoms with Gasteiger partial charge in [0.25, 0.3) is 0 Å². The predicted molar refractivity (Wildman–Crippen MR) is 80.2 cm³/mol. The van der Waals surface area contributed by atoms with E-state index < -0.39 is 0 Å². The van der Waals surface area contributed by atoms with Crippen LogP contribution >= 0.6 is 0 Å². The Bertz CT molecular complexity index is 279. The molecule has 4 heteroatoms. The van der Waals surface area contributed by atoms with Crippen LogP contribution in [0.15, 0.2) is 0 Å². The van der Waals surface area contributed by atoms with Crippen LogP contribution in [0.3, 0.4) is 0 Å². The zero-order valence-electron chi connectivity index (χ0n) is 13.3. The highest BCUT2D eigenvalue weighted by atomic mass is 16.2. The average Bonchev–Trinajstić information content (AvgIpc) is 2.38. The van der Waals surface area contributed by atoms with Crippen molar-refractivity contribution >= 4 is 5.91 Å². The minimum atomic E-state index is -0.0912. The topological polar surface area (TPSA) is 35.6 Å². The second-order valence-electron chi connectivity index (χ2n) is 6.11. The fraction of sp³-hybridized carbons (Fsp3) is 0.933. The quantitative estimate of drug-likeness (QED) is 0.795. The summed E-state index contributed by atoms with van der Waals surface area (Å²) in [6, 6.07) is 0.310. The Labute approximate surface area is 118 Å². The largest absolute Gasteiger partial charge is 0.347 e. The van der Waals surface area contributed by atoms with Crippen molar-refractivity contribution in [2.75, 3.05) is 33.7 Å². The fourth-order valence-corrected chi connectivity index (χ4v) is 3.01. The lowest BCUT2D eigenvalue weighted by Gasteiger charge is -2.37. The summed E-state index contributed by atoms with van der Waals surface area (Å²) in [7, 11) is 3.63. The highest BCUT2D eigenvalue weighted by Gasteiger charge is 2.26. The molecule has 1 fully saturated rings. The summed E-state index contributed by atoms with van der Waals surface area (Å²) in [5.74, 6) is 0.825. The van der Waals surface area contributed by atoms with Gasteiger partial charge < -0.3 is 15.1 Å². The molecule has 112 valence electrons. The monoisotopic (exact) mass is 269 g/mol. The van der Waals surface area contributed by atoms with E-state index in [1.807, 2.05) is 21.0 Å². The highest BCUT2D eigenvalue weighted by molar-refractivity contribution is 5.80. The fourth-order valence-electron chi connectivity index (χ4n) is 3.01. The molecule has 1 N–H and O–H groups in total. The lowest BCUT2D eigenvalue weighted by Crippen LogP contribution is -2.50. The maximum Gasteiger partial charge on any atom is 0.238 e. The van der Waals surface area contributed by atoms with Crippen LogP contribution in [-0.4, -0.2) is 61.5 Å². The summed E-state index contributed by atoms with van der Waals surface area (Å²) in [5.41, 5.74) is 0. The number of piperidine rings is 1. The number of rotatable bonds is 6. The zero-order chi connectivity index (χ0) is 14.4. The second-order valence-corrected chi connectivity index (χ2v) is 6.11. The number of hydrogen-bond acceptors (Lipinski definition) is 3. The zero-order valence-corrected chi connectivity index (χ0v) is 13.3. The van der Waals surface area contributed by atoms with Crippen molar-refractivity contribution in [2.24, 2.45) is 5.92 Å². The van der Waals surface area contributed by atoms with Crippen LogP contribution in [0.4, 0.5) is 0 Å². The lowest BCUT2D eigenvalue weighted by molar-refractivity contribution is -0.130. The minimum Gasteiger partial charge on any atom is -0.347 e. The van der Waals surface area contributed by atoms with E-state index in [2.05, 4.69) is 24.1 Å². The van der Waals surface area contributed by atoms with Gasteiger partial charge in [0.2, 0.25) is 5.91 Å². The molecule has 0 radical (unpaired) electrons. The molecule has 1 amide bonds. The van der Waals surface area contributed by atoms with E-state index in [1.165, 1.54) is 38.9 Å². The van der Waals surface area contributed by atoms with Crippen molar-refractivity contribution in [3.8, 4) is 0 Å². The van der Waals surface area contributed by atoms with Gasteiger partial charge in [-0.3, -0.25) is 4.79 Å². The van der Waals surface area contributed by atoms with Crippen LogP contribution in [0, 0.1) is 5.92 Å². The Morgan fingerprint density at radius 2 is 2.11 bits per heavy atom. The van der Waals surface area contributed by atoms with Gasteiger partial charge >= 0.3 is 0 Å². The normalized spacial score (nSPS) is 23.9. The molecule has 0 aliphatic carbocycles. The summed E-state index contributed by atoms with van der Waals surface area (Å²) in [6.45, 7) is 10.0. The molecular formula is C15H31N3O. The number of nitrogens with one attached hydrogen (secondary N) is 1. The van der Waals surface area contributed by atoms with Crippen LogP contribution in [0.1, 0.15) is 40.0 Å². The van der Waals surface area contributed by atoms with Crippen LogP contribution in [0.25, 0.3) is 0 Å². The van der Waals surface area contributed by atoms with Gasteiger partial charge in [0, 0.05) is 26.7 Å². The first-order valence-electron chi connectivity index (χ1n) is 7.65. The third-order valence-corrected chi connectivity index (χ3v) is 4.11. The molecule has 0 aromatic rings. The SMILES string of the molecule is CCCN1CCCC(C(C)NC(C)C(=O)N(C)C)C1. The molecular weight excluding hydrogens is 238 g/mol. The smallest absolute Gasteiger partial charge is 0.238 e. The van der Waals surface area contributed by atoms with Crippen LogP contribution in [0.5, 0.6) is 0 Å². The van der Waals surface area contributed by atoms with E-state index >= 15 is 0 Å². The van der Waals surface area contributed by atoms with Gasteiger partial charge in [-0.25, -0.2) is 0 Å². The maximum absolute atomic E-state index is 11.9. The summed E-state index contributed by atoms with van der Waals surface area (Å²) >= 11 is 0. The Kier molecular flexibility index (Phi) is 6.80. The van der Waals surface area contributed by atoms with Gasteiger partial charge in [0.05, 0.1) is 6.04 Å². The molecule has 0 aromatic heterocycles. The van der Waals surface area contributed by atoms with Crippen molar-refractivity contribution in [3.63, 3.8) is 0 Å². The van der Waals surface area contributed by atoms with Gasteiger partial charge in [0.1, 0.15) is 0 Å². The highest BCUT2D eigenvalue weighted by Crippen LogP contribution is 2.20. The standard InChI is InChI=1S/C15H31N3O/c1-6-9-18-10-7-8-14(11-18)12(2)16-13(3)15(19)17(4)5/h12-14,16H,6-11H2,1-5H3. The predicted octanol–water partition coefficient (Wildman–Crippen LogP) is 1.56. The molecule has 1 aliphatic heterocycles. The second kappa shape index (κ2) is 7.85. The molecule has 0 aromatic carbocycles. The van der Waals surface area contributed by atoms with Crippen molar-refractivity contribution in [1.82, 2.24) is 15.1 Å². The summed E-state index contributed by atoms with van der Waals surface area (Å²) in [6.07, 6.45) is 3.79. The number of carbonyl (C=O) groups excluding carboxylic acids is 1. The maximum atomic E-state index is 11.9. The molecule has 1 heterocycles. The summed E-state index contributed by atoms with van der Waals surface area (Å²) < 4.78 is 0. The average molecular weight is 269 g/mol. The van der Waals surface area contributed by atoms with E-state index in [0.717, 1.165) is 0 Å². The number of nitrogens with zero attached hydrogens (tertiary/aromatic N) is 2. The van der Waals surface area contributed by atoms with E-state index in [0.29, 0.717) is 12.0 Å². The Hall–Kier alpha value is -0.610. The third-order valence-electron chi connectivity index (χ3n) is 4.11. The molecule has 0 bridgehead atoms. The first-order chi connectivity index (χ1) is 8.95. The molecule has 3 atom stereocenters. The van der Waals surface area contributed by atoms with Crippen LogP contribution in [0.2, 0.25) is 0 Å². The number of amides is 1. The van der Waals surface area contributed by atoms with Crippen molar-refractivity contribution in [2.45, 2.75) is 52.1 Å². The first-order valence-corrected chi connectivity index (χ1v) is 7.65. The van der Waals surface area contributed by atoms with Crippen molar-refractivity contribution in [3.05, 3.63) is 0 Å². The van der Waals surface area contributed by atoms with Gasteiger partial charge in [-0.2, -0.15) is 0 Å².